The van der Waals surface area contributed by atoms with E-state index in [0.717, 1.165) is 16.1 Å². The second-order valence-electron chi connectivity index (χ2n) is 6.17. The van der Waals surface area contributed by atoms with Gasteiger partial charge in [-0.1, -0.05) is 6.07 Å². The van der Waals surface area contributed by atoms with Crippen LogP contribution in [0.25, 0.3) is 11.3 Å². The number of thiophene rings is 1. The number of H-pyrrole nitrogens is 1. The van der Waals surface area contributed by atoms with Crippen molar-refractivity contribution in [3.05, 3.63) is 53.0 Å². The zero-order valence-electron chi connectivity index (χ0n) is 14.0. The minimum atomic E-state index is -0.438. The Labute approximate surface area is 154 Å². The fraction of sp³-hybridized carbons (Fsp3) is 0.222. The van der Waals surface area contributed by atoms with Gasteiger partial charge in [0.2, 0.25) is 11.8 Å². The number of aromatic amines is 1. The lowest BCUT2D eigenvalue weighted by molar-refractivity contribution is -0.127. The number of nitrogens with one attached hydrogen (secondary N) is 2. The van der Waals surface area contributed by atoms with E-state index in [1.807, 2.05) is 29.6 Å². The van der Waals surface area contributed by atoms with E-state index >= 15 is 0 Å². The molecule has 0 aliphatic carbocycles. The Balaban J connectivity index is 1.53. The number of pyridine rings is 1. The average molecular weight is 367 g/mol. The average Bonchev–Trinajstić information content (AvgIpc) is 3.38. The van der Waals surface area contributed by atoms with Gasteiger partial charge in [0.25, 0.3) is 0 Å². The van der Waals surface area contributed by atoms with Gasteiger partial charge < -0.3 is 10.2 Å². The molecule has 2 N–H and O–H groups in total. The zero-order valence-corrected chi connectivity index (χ0v) is 14.9. The first-order valence-corrected chi connectivity index (χ1v) is 9.07. The second kappa shape index (κ2) is 6.72. The Morgan fingerprint density at radius 1 is 1.35 bits per heavy atom. The first-order chi connectivity index (χ1) is 12.6. The Morgan fingerprint density at radius 2 is 2.15 bits per heavy atom. The third-order valence-corrected chi connectivity index (χ3v) is 5.52. The van der Waals surface area contributed by atoms with Crippen LogP contribution < -0.4 is 5.32 Å². The normalized spacial score (nSPS) is 19.7. The summed E-state index contributed by atoms with van der Waals surface area (Å²) in [4.78, 5) is 31.6. The molecule has 0 saturated carbocycles. The maximum atomic E-state index is 12.8. The number of likely N-dealkylation sites (tertiary alicyclic amines) is 1. The molecule has 2 amide bonds. The van der Waals surface area contributed by atoms with Crippen molar-refractivity contribution in [3.8, 4) is 11.3 Å². The minimum Gasteiger partial charge on any atom is -0.337 e. The number of anilines is 1. The summed E-state index contributed by atoms with van der Waals surface area (Å²) in [6.07, 6.45) is 3.59. The van der Waals surface area contributed by atoms with Crippen LogP contribution in [0.1, 0.15) is 17.3 Å². The van der Waals surface area contributed by atoms with Crippen molar-refractivity contribution in [2.75, 3.05) is 12.4 Å². The van der Waals surface area contributed by atoms with E-state index in [-0.39, 0.29) is 24.3 Å². The van der Waals surface area contributed by atoms with Crippen molar-refractivity contribution < 1.29 is 9.59 Å². The van der Waals surface area contributed by atoms with Crippen LogP contribution in [0.2, 0.25) is 0 Å². The number of amides is 2. The molecule has 2 unspecified atom stereocenters. The largest absolute Gasteiger partial charge is 0.337 e. The standard InChI is InChI=1S/C18H17N5O2S/c1-23-16(24)9-12(17(23)14-3-2-8-26-14)18(25)20-15-10-13(21-22-15)11-4-6-19-7-5-11/h2-8,10,12,17H,9H2,1H3,(H2,20,21,22,25). The molecule has 1 aliphatic heterocycles. The van der Waals surface area contributed by atoms with Crippen LogP contribution in [0.3, 0.4) is 0 Å². The molecular weight excluding hydrogens is 350 g/mol. The van der Waals surface area contributed by atoms with Crippen molar-refractivity contribution in [2.45, 2.75) is 12.5 Å². The van der Waals surface area contributed by atoms with Crippen LogP contribution in [-0.2, 0) is 9.59 Å². The lowest BCUT2D eigenvalue weighted by Crippen LogP contribution is -2.29. The van der Waals surface area contributed by atoms with Crippen LogP contribution in [0.4, 0.5) is 5.82 Å². The first kappa shape index (κ1) is 16.5. The summed E-state index contributed by atoms with van der Waals surface area (Å²) in [6.45, 7) is 0. The molecule has 0 aromatic carbocycles. The molecular formula is C18H17N5O2S. The highest BCUT2D eigenvalue weighted by Crippen LogP contribution is 2.39. The molecule has 0 radical (unpaired) electrons. The molecule has 1 saturated heterocycles. The van der Waals surface area contributed by atoms with Crippen LogP contribution in [-0.4, -0.2) is 38.9 Å². The Kier molecular flexibility index (Phi) is 4.26. The van der Waals surface area contributed by atoms with Gasteiger partial charge >= 0.3 is 0 Å². The number of aromatic nitrogens is 3. The summed E-state index contributed by atoms with van der Waals surface area (Å²) in [7, 11) is 1.75. The quantitative estimate of drug-likeness (QED) is 0.742. The topological polar surface area (TPSA) is 91.0 Å². The smallest absolute Gasteiger partial charge is 0.231 e. The molecule has 3 aromatic rings. The molecule has 4 heterocycles. The monoisotopic (exact) mass is 367 g/mol. The second-order valence-corrected chi connectivity index (χ2v) is 7.15. The van der Waals surface area contributed by atoms with Crippen LogP contribution in [0.15, 0.2) is 48.1 Å². The van der Waals surface area contributed by atoms with Crippen molar-refractivity contribution in [3.63, 3.8) is 0 Å². The Morgan fingerprint density at radius 3 is 2.88 bits per heavy atom. The fourth-order valence-electron chi connectivity index (χ4n) is 3.24. The summed E-state index contributed by atoms with van der Waals surface area (Å²) in [5.41, 5.74) is 1.72. The number of carbonyl (C=O) groups excluding carboxylic acids is 2. The molecule has 8 heteroatoms. The minimum absolute atomic E-state index is 0.0250. The summed E-state index contributed by atoms with van der Waals surface area (Å²) in [6, 6.07) is 9.14. The SMILES string of the molecule is CN1C(=O)CC(C(=O)Nc2cc(-c3ccncc3)[nH]n2)C1c1cccs1. The summed E-state index contributed by atoms with van der Waals surface area (Å²) >= 11 is 1.55. The molecule has 4 rings (SSSR count). The molecule has 7 nitrogen and oxygen atoms in total. The predicted molar refractivity (Wildman–Crippen MR) is 98.4 cm³/mol. The van der Waals surface area contributed by atoms with Crippen LogP contribution in [0.5, 0.6) is 0 Å². The number of carbonyl (C=O) groups is 2. The third-order valence-electron chi connectivity index (χ3n) is 4.58. The van der Waals surface area contributed by atoms with E-state index in [9.17, 15) is 9.59 Å². The van der Waals surface area contributed by atoms with Gasteiger partial charge in [0.05, 0.1) is 17.7 Å². The molecule has 2 atom stereocenters. The van der Waals surface area contributed by atoms with E-state index < -0.39 is 5.92 Å². The number of rotatable bonds is 4. The van der Waals surface area contributed by atoms with Gasteiger partial charge in [0.15, 0.2) is 5.82 Å². The lowest BCUT2D eigenvalue weighted by atomic mass is 9.98. The third kappa shape index (κ3) is 2.99. The van der Waals surface area contributed by atoms with E-state index in [4.69, 9.17) is 0 Å². The van der Waals surface area contributed by atoms with Crippen molar-refractivity contribution in [1.82, 2.24) is 20.1 Å². The van der Waals surface area contributed by atoms with Crippen molar-refractivity contribution >= 4 is 29.0 Å². The van der Waals surface area contributed by atoms with Crippen LogP contribution >= 0.6 is 11.3 Å². The maximum absolute atomic E-state index is 12.8. The number of hydrogen-bond acceptors (Lipinski definition) is 5. The van der Waals surface area contributed by atoms with Gasteiger partial charge in [0.1, 0.15) is 0 Å². The number of nitrogens with zero attached hydrogens (tertiary/aromatic N) is 3. The number of hydrogen-bond donors (Lipinski definition) is 2. The van der Waals surface area contributed by atoms with Gasteiger partial charge in [0, 0.05) is 42.4 Å². The molecule has 132 valence electrons. The maximum Gasteiger partial charge on any atom is 0.231 e. The summed E-state index contributed by atoms with van der Waals surface area (Å²) < 4.78 is 0. The zero-order chi connectivity index (χ0) is 18.1. The van der Waals surface area contributed by atoms with Gasteiger partial charge in [-0.2, -0.15) is 5.10 Å². The molecule has 0 bridgehead atoms. The highest BCUT2D eigenvalue weighted by Gasteiger charge is 2.43. The molecule has 1 aliphatic rings. The molecule has 0 spiro atoms. The van der Waals surface area contributed by atoms with Crippen LogP contribution in [0, 0.1) is 5.92 Å². The lowest BCUT2D eigenvalue weighted by Gasteiger charge is -2.23. The van der Waals surface area contributed by atoms with Gasteiger partial charge in [-0.3, -0.25) is 19.7 Å². The fourth-order valence-corrected chi connectivity index (χ4v) is 4.17. The highest BCUT2D eigenvalue weighted by molar-refractivity contribution is 7.10. The van der Waals surface area contributed by atoms with E-state index in [1.165, 1.54) is 0 Å². The van der Waals surface area contributed by atoms with Crippen molar-refractivity contribution in [1.29, 1.82) is 0 Å². The Hall–Kier alpha value is -3.00. The summed E-state index contributed by atoms with van der Waals surface area (Å²) in [5, 5.41) is 11.9. The Bertz CT molecular complexity index is 922. The van der Waals surface area contributed by atoms with Gasteiger partial charge in [-0.05, 0) is 23.6 Å². The predicted octanol–water partition coefficient (Wildman–Crippen LogP) is 2.69. The van der Waals surface area contributed by atoms with Gasteiger partial charge in [-0.15, -0.1) is 11.3 Å². The highest BCUT2D eigenvalue weighted by atomic mass is 32.1. The first-order valence-electron chi connectivity index (χ1n) is 8.19. The van der Waals surface area contributed by atoms with E-state index in [2.05, 4.69) is 20.5 Å². The summed E-state index contributed by atoms with van der Waals surface area (Å²) in [5.74, 6) is -0.224. The van der Waals surface area contributed by atoms with E-state index in [1.54, 1.807) is 41.7 Å². The van der Waals surface area contributed by atoms with E-state index in [0.29, 0.717) is 5.82 Å². The molecule has 3 aromatic heterocycles. The molecule has 1 fully saturated rings. The molecule has 26 heavy (non-hydrogen) atoms. The van der Waals surface area contributed by atoms with Gasteiger partial charge in [-0.25, -0.2) is 0 Å². The van der Waals surface area contributed by atoms with Crippen molar-refractivity contribution in [2.24, 2.45) is 5.92 Å².